The first-order valence-corrected chi connectivity index (χ1v) is 7.44. The van der Waals surface area contributed by atoms with Crippen molar-refractivity contribution in [2.24, 2.45) is 5.41 Å². The van der Waals surface area contributed by atoms with Crippen molar-refractivity contribution in [3.05, 3.63) is 77.9 Å². The Kier molecular flexibility index (Phi) is 5.10. The van der Waals surface area contributed by atoms with Crippen LogP contribution in [0.2, 0.25) is 0 Å². The Hall–Kier alpha value is -2.15. The minimum absolute atomic E-state index is 0.0846. The SMILES string of the molecule is CC[C@](C)(C=O)[C@H](/C=C/c1ccccc1)c1ccccc1. The summed E-state index contributed by atoms with van der Waals surface area (Å²) in [4.78, 5) is 11.7. The summed E-state index contributed by atoms with van der Waals surface area (Å²) in [6.45, 7) is 4.10. The lowest BCUT2D eigenvalue weighted by molar-refractivity contribution is -0.116. The standard InChI is InChI=1S/C20H22O/c1-3-20(2,16-21)19(18-12-8-5-9-13-18)15-14-17-10-6-4-7-11-17/h4-16,19H,3H2,1-2H3/b15-14+/t19-,20-/m1/s1. The Labute approximate surface area is 127 Å². The van der Waals surface area contributed by atoms with Crippen LogP contribution in [-0.2, 0) is 4.79 Å². The molecule has 0 aliphatic heterocycles. The van der Waals surface area contributed by atoms with Gasteiger partial charge in [-0.2, -0.15) is 0 Å². The molecule has 0 unspecified atom stereocenters. The van der Waals surface area contributed by atoms with E-state index in [1.165, 1.54) is 5.56 Å². The number of carbonyl (C=O) groups is 1. The third-order valence-electron chi connectivity index (χ3n) is 4.18. The molecule has 0 saturated heterocycles. The van der Waals surface area contributed by atoms with Crippen LogP contribution < -0.4 is 0 Å². The van der Waals surface area contributed by atoms with Gasteiger partial charge in [0.2, 0.25) is 0 Å². The van der Waals surface area contributed by atoms with Crippen molar-refractivity contribution in [1.29, 1.82) is 0 Å². The van der Waals surface area contributed by atoms with Gasteiger partial charge in [-0.3, -0.25) is 0 Å². The summed E-state index contributed by atoms with van der Waals surface area (Å²) in [5.41, 5.74) is 1.95. The lowest BCUT2D eigenvalue weighted by atomic mass is 9.72. The van der Waals surface area contributed by atoms with Crippen molar-refractivity contribution in [3.8, 4) is 0 Å². The Morgan fingerprint density at radius 2 is 1.57 bits per heavy atom. The quantitative estimate of drug-likeness (QED) is 0.672. The molecule has 0 radical (unpaired) electrons. The molecule has 2 atom stereocenters. The topological polar surface area (TPSA) is 17.1 Å². The summed E-state index contributed by atoms with van der Waals surface area (Å²) in [5.74, 6) is 0.0846. The molecule has 0 bridgehead atoms. The van der Waals surface area contributed by atoms with Gasteiger partial charge in [0.15, 0.2) is 0 Å². The Bertz CT molecular complexity index is 586. The number of aldehydes is 1. The second-order valence-corrected chi connectivity index (χ2v) is 5.64. The van der Waals surface area contributed by atoms with E-state index in [1.54, 1.807) is 0 Å². The highest BCUT2D eigenvalue weighted by molar-refractivity contribution is 5.63. The van der Waals surface area contributed by atoms with Crippen LogP contribution in [0.3, 0.4) is 0 Å². The zero-order chi connectivity index (χ0) is 15.1. The van der Waals surface area contributed by atoms with Gasteiger partial charge in [-0.15, -0.1) is 0 Å². The Morgan fingerprint density at radius 1 is 1.00 bits per heavy atom. The summed E-state index contributed by atoms with van der Waals surface area (Å²) in [6, 6.07) is 20.4. The molecule has 0 N–H and O–H groups in total. The van der Waals surface area contributed by atoms with Crippen molar-refractivity contribution in [3.63, 3.8) is 0 Å². The molecule has 2 aromatic carbocycles. The van der Waals surface area contributed by atoms with Gasteiger partial charge in [0.25, 0.3) is 0 Å². The van der Waals surface area contributed by atoms with E-state index >= 15 is 0 Å². The molecule has 1 nitrogen and oxygen atoms in total. The molecule has 0 aromatic heterocycles. The molecule has 0 fully saturated rings. The van der Waals surface area contributed by atoms with Gasteiger partial charge in [-0.05, 0) is 17.5 Å². The fourth-order valence-electron chi connectivity index (χ4n) is 2.52. The molecule has 1 heteroatoms. The maximum absolute atomic E-state index is 11.7. The highest BCUT2D eigenvalue weighted by Crippen LogP contribution is 2.38. The molecule has 0 saturated carbocycles. The number of hydrogen-bond acceptors (Lipinski definition) is 1. The minimum atomic E-state index is -0.382. The van der Waals surface area contributed by atoms with Gasteiger partial charge in [-0.1, -0.05) is 86.7 Å². The van der Waals surface area contributed by atoms with Crippen molar-refractivity contribution >= 4 is 12.4 Å². The number of rotatable bonds is 6. The predicted octanol–water partition coefficient (Wildman–Crippen LogP) is 5.10. The van der Waals surface area contributed by atoms with Crippen LogP contribution in [0.15, 0.2) is 66.7 Å². The van der Waals surface area contributed by atoms with Crippen molar-refractivity contribution in [1.82, 2.24) is 0 Å². The summed E-state index contributed by atoms with van der Waals surface area (Å²) in [7, 11) is 0. The van der Waals surface area contributed by atoms with Crippen molar-refractivity contribution in [2.45, 2.75) is 26.2 Å². The molecule has 0 amide bonds. The van der Waals surface area contributed by atoms with E-state index in [0.29, 0.717) is 0 Å². The van der Waals surface area contributed by atoms with Crippen LogP contribution >= 0.6 is 0 Å². The van der Waals surface area contributed by atoms with Gasteiger partial charge < -0.3 is 4.79 Å². The smallest absolute Gasteiger partial charge is 0.126 e. The largest absolute Gasteiger partial charge is 0.303 e. The van der Waals surface area contributed by atoms with E-state index < -0.39 is 0 Å². The molecule has 108 valence electrons. The number of benzene rings is 2. The lowest BCUT2D eigenvalue weighted by Gasteiger charge is -2.30. The second kappa shape index (κ2) is 7.03. The van der Waals surface area contributed by atoms with Crippen LogP contribution in [0.25, 0.3) is 6.08 Å². The third-order valence-corrected chi connectivity index (χ3v) is 4.18. The Balaban J connectivity index is 2.37. The van der Waals surface area contributed by atoms with Gasteiger partial charge in [0.05, 0.1) is 0 Å². The first-order chi connectivity index (χ1) is 10.2. The molecule has 21 heavy (non-hydrogen) atoms. The molecule has 2 rings (SSSR count). The third kappa shape index (κ3) is 3.69. The lowest BCUT2D eigenvalue weighted by Crippen LogP contribution is -2.25. The normalized spacial score (nSPS) is 15.5. The first kappa shape index (κ1) is 15.2. The fraction of sp³-hybridized carbons (Fsp3) is 0.250. The molecule has 0 aliphatic rings. The van der Waals surface area contributed by atoms with Crippen LogP contribution in [0.1, 0.15) is 37.3 Å². The average Bonchev–Trinajstić information content (AvgIpc) is 2.56. The van der Waals surface area contributed by atoms with E-state index in [4.69, 9.17) is 0 Å². The average molecular weight is 278 g/mol. The van der Waals surface area contributed by atoms with Crippen LogP contribution in [0.4, 0.5) is 0 Å². The van der Waals surface area contributed by atoms with Crippen molar-refractivity contribution in [2.75, 3.05) is 0 Å². The van der Waals surface area contributed by atoms with E-state index in [-0.39, 0.29) is 11.3 Å². The number of carbonyl (C=O) groups excluding carboxylic acids is 1. The summed E-state index contributed by atoms with van der Waals surface area (Å²) in [5, 5.41) is 0. The summed E-state index contributed by atoms with van der Waals surface area (Å²) >= 11 is 0. The Morgan fingerprint density at radius 3 is 2.10 bits per heavy atom. The predicted molar refractivity (Wildman–Crippen MR) is 89.1 cm³/mol. The molecule has 0 spiro atoms. The van der Waals surface area contributed by atoms with Crippen LogP contribution in [-0.4, -0.2) is 6.29 Å². The molecular weight excluding hydrogens is 256 g/mol. The van der Waals surface area contributed by atoms with Gasteiger partial charge in [-0.25, -0.2) is 0 Å². The van der Waals surface area contributed by atoms with Gasteiger partial charge >= 0.3 is 0 Å². The fourth-order valence-corrected chi connectivity index (χ4v) is 2.52. The minimum Gasteiger partial charge on any atom is -0.303 e. The van der Waals surface area contributed by atoms with Gasteiger partial charge in [0.1, 0.15) is 6.29 Å². The zero-order valence-corrected chi connectivity index (χ0v) is 12.7. The maximum atomic E-state index is 11.7. The molecular formula is C20H22O. The summed E-state index contributed by atoms with van der Waals surface area (Å²) in [6.07, 6.45) is 6.17. The molecule has 0 heterocycles. The van der Waals surface area contributed by atoms with E-state index in [0.717, 1.165) is 18.3 Å². The maximum Gasteiger partial charge on any atom is 0.126 e. The van der Waals surface area contributed by atoms with Gasteiger partial charge in [0, 0.05) is 11.3 Å². The molecule has 2 aromatic rings. The monoisotopic (exact) mass is 278 g/mol. The highest BCUT2D eigenvalue weighted by Gasteiger charge is 2.31. The molecule has 0 aliphatic carbocycles. The summed E-state index contributed by atoms with van der Waals surface area (Å²) < 4.78 is 0. The number of allylic oxidation sites excluding steroid dienone is 1. The first-order valence-electron chi connectivity index (χ1n) is 7.44. The highest BCUT2D eigenvalue weighted by atomic mass is 16.1. The van der Waals surface area contributed by atoms with Crippen LogP contribution in [0.5, 0.6) is 0 Å². The number of hydrogen-bond donors (Lipinski definition) is 0. The van der Waals surface area contributed by atoms with Crippen molar-refractivity contribution < 1.29 is 4.79 Å². The van der Waals surface area contributed by atoms with E-state index in [9.17, 15) is 4.79 Å². The van der Waals surface area contributed by atoms with Crippen LogP contribution in [0, 0.1) is 5.41 Å². The second-order valence-electron chi connectivity index (χ2n) is 5.64. The van der Waals surface area contributed by atoms with E-state index in [2.05, 4.69) is 43.3 Å². The zero-order valence-electron chi connectivity index (χ0n) is 12.7. The van der Waals surface area contributed by atoms with E-state index in [1.807, 2.05) is 43.3 Å².